The van der Waals surface area contributed by atoms with Gasteiger partial charge < -0.3 is 14.9 Å². The van der Waals surface area contributed by atoms with E-state index in [0.29, 0.717) is 0 Å². The second-order valence-electron chi connectivity index (χ2n) is 9.05. The quantitative estimate of drug-likeness (QED) is 0.588. The number of hydrogen-bond acceptors (Lipinski definition) is 3. The van der Waals surface area contributed by atoms with E-state index in [-0.39, 0.29) is 6.61 Å². The Kier molecular flexibility index (Phi) is 7.62. The molecule has 3 heteroatoms. The number of aryl methyl sites for hydroxylation is 1. The summed E-state index contributed by atoms with van der Waals surface area (Å²) in [6.45, 7) is 6.88. The lowest BCUT2D eigenvalue weighted by atomic mass is 9.83. The van der Waals surface area contributed by atoms with E-state index in [1.807, 2.05) is 0 Å². The molecule has 1 N–H and O–H groups in total. The van der Waals surface area contributed by atoms with Gasteiger partial charge in [-0.2, -0.15) is 0 Å². The Morgan fingerprint density at radius 1 is 0.844 bits per heavy atom. The van der Waals surface area contributed by atoms with Crippen molar-refractivity contribution < 1.29 is 5.11 Å². The van der Waals surface area contributed by atoms with Crippen molar-refractivity contribution in [2.45, 2.75) is 32.6 Å². The maximum atomic E-state index is 9.60. The Morgan fingerprint density at radius 2 is 1.56 bits per heavy atom. The highest BCUT2D eigenvalue weighted by molar-refractivity contribution is 5.98. The van der Waals surface area contributed by atoms with Crippen LogP contribution in [-0.2, 0) is 0 Å². The second kappa shape index (κ2) is 10.8. The molecule has 32 heavy (non-hydrogen) atoms. The number of rotatable bonds is 7. The summed E-state index contributed by atoms with van der Waals surface area (Å²) in [7, 11) is 2.21. The second-order valence-corrected chi connectivity index (χ2v) is 9.05. The van der Waals surface area contributed by atoms with E-state index in [1.54, 1.807) is 0 Å². The Morgan fingerprint density at radius 3 is 2.19 bits per heavy atom. The highest BCUT2D eigenvalue weighted by Crippen LogP contribution is 2.39. The normalized spacial score (nSPS) is 18.2. The van der Waals surface area contributed by atoms with Crippen molar-refractivity contribution in [2.24, 2.45) is 0 Å². The van der Waals surface area contributed by atoms with Crippen molar-refractivity contribution >= 4 is 11.1 Å². The molecule has 1 aliphatic heterocycles. The third-order valence-corrected chi connectivity index (χ3v) is 6.71. The molecule has 168 valence electrons. The summed E-state index contributed by atoms with van der Waals surface area (Å²) in [6.07, 6.45) is 8.50. The van der Waals surface area contributed by atoms with Crippen LogP contribution in [0.15, 0.2) is 78.0 Å². The van der Waals surface area contributed by atoms with Crippen LogP contribution >= 0.6 is 0 Å². The number of piperazine rings is 1. The molecule has 2 aromatic rings. The molecule has 2 aliphatic rings. The number of likely N-dealkylation sites (N-methyl/N-ethyl adjacent to an activating group) is 1. The van der Waals surface area contributed by atoms with Crippen LogP contribution in [0.1, 0.15) is 42.4 Å². The van der Waals surface area contributed by atoms with E-state index >= 15 is 0 Å². The van der Waals surface area contributed by atoms with Crippen LogP contribution in [0.5, 0.6) is 0 Å². The fourth-order valence-electron chi connectivity index (χ4n) is 4.77. The van der Waals surface area contributed by atoms with Crippen molar-refractivity contribution in [3.8, 4) is 0 Å². The minimum absolute atomic E-state index is 0.212. The number of hydrogen-bond donors (Lipinski definition) is 1. The molecule has 3 nitrogen and oxygen atoms in total. The predicted molar refractivity (Wildman–Crippen MR) is 135 cm³/mol. The van der Waals surface area contributed by atoms with Gasteiger partial charge in [0.25, 0.3) is 0 Å². The van der Waals surface area contributed by atoms with Gasteiger partial charge in [-0.3, -0.25) is 0 Å². The zero-order valence-corrected chi connectivity index (χ0v) is 19.6. The van der Waals surface area contributed by atoms with Gasteiger partial charge in [-0.1, -0.05) is 66.2 Å². The van der Waals surface area contributed by atoms with Gasteiger partial charge in [0.15, 0.2) is 0 Å². The van der Waals surface area contributed by atoms with E-state index in [1.165, 1.54) is 39.1 Å². The molecule has 1 aliphatic carbocycles. The van der Waals surface area contributed by atoms with Crippen LogP contribution in [0.4, 0.5) is 0 Å². The lowest BCUT2D eigenvalue weighted by Gasteiger charge is -2.36. The zero-order chi connectivity index (χ0) is 22.3. The molecule has 1 heterocycles. The molecule has 0 bridgehead atoms. The van der Waals surface area contributed by atoms with Crippen molar-refractivity contribution in [2.75, 3.05) is 39.8 Å². The molecule has 0 aromatic heterocycles. The number of nitrogens with zero attached hydrogens (tertiary/aromatic N) is 2. The lowest BCUT2D eigenvalue weighted by Crippen LogP contribution is -2.43. The van der Waals surface area contributed by atoms with Crippen LogP contribution in [0.2, 0.25) is 0 Å². The SMILES string of the molecule is Cc1ccc(/C(C2=CC=C(N3CCN(C)CC3)CC2)=C(\CCCO)c2ccccc2)cc1. The largest absolute Gasteiger partial charge is 0.396 e. The molecule has 0 spiro atoms. The minimum Gasteiger partial charge on any atom is -0.396 e. The summed E-state index contributed by atoms with van der Waals surface area (Å²) in [4.78, 5) is 4.97. The molecule has 0 atom stereocenters. The van der Waals surface area contributed by atoms with E-state index in [2.05, 4.69) is 90.5 Å². The van der Waals surface area contributed by atoms with Crippen LogP contribution in [0.25, 0.3) is 11.1 Å². The Balaban J connectivity index is 1.76. The van der Waals surface area contributed by atoms with Crippen molar-refractivity contribution in [1.82, 2.24) is 9.80 Å². The summed E-state index contributed by atoms with van der Waals surface area (Å²) in [5, 5.41) is 9.60. The average molecular weight is 429 g/mol. The molecule has 0 unspecified atom stereocenters. The molecule has 0 amide bonds. The third kappa shape index (κ3) is 5.40. The predicted octanol–water partition coefficient (Wildman–Crippen LogP) is 5.53. The topological polar surface area (TPSA) is 26.7 Å². The molecular weight excluding hydrogens is 392 g/mol. The first-order chi connectivity index (χ1) is 15.7. The smallest absolute Gasteiger partial charge is 0.0434 e. The standard InChI is InChI=1S/C29H36N2O/c1-23-10-12-25(13-11-23)29(28(9-6-22-32)24-7-4-3-5-8-24)26-14-16-27(17-15-26)31-20-18-30(2)19-21-31/h3-5,7-8,10-14,16,32H,6,9,15,17-22H2,1-2H3/b29-28-. The van der Waals surface area contributed by atoms with Gasteiger partial charge in [0, 0.05) is 38.5 Å². The van der Waals surface area contributed by atoms with Gasteiger partial charge in [0.1, 0.15) is 0 Å². The van der Waals surface area contributed by atoms with Crippen molar-refractivity contribution in [3.05, 3.63) is 94.7 Å². The molecule has 4 rings (SSSR count). The first-order valence-corrected chi connectivity index (χ1v) is 12.0. The summed E-state index contributed by atoms with van der Waals surface area (Å²) in [5.74, 6) is 0. The van der Waals surface area contributed by atoms with Crippen LogP contribution < -0.4 is 0 Å². The molecular formula is C29H36N2O. The fourth-order valence-corrected chi connectivity index (χ4v) is 4.77. The van der Waals surface area contributed by atoms with Gasteiger partial charge in [-0.05, 0) is 73.6 Å². The van der Waals surface area contributed by atoms with E-state index in [0.717, 1.165) is 51.9 Å². The Hall–Kier alpha value is -2.62. The number of allylic oxidation sites excluding steroid dienone is 6. The average Bonchev–Trinajstić information content (AvgIpc) is 2.84. The van der Waals surface area contributed by atoms with E-state index < -0.39 is 0 Å². The Bertz CT molecular complexity index is 978. The van der Waals surface area contributed by atoms with Crippen molar-refractivity contribution in [3.63, 3.8) is 0 Å². The molecule has 0 radical (unpaired) electrons. The number of aliphatic hydroxyl groups excluding tert-OH is 1. The van der Waals surface area contributed by atoms with E-state index in [9.17, 15) is 5.11 Å². The maximum absolute atomic E-state index is 9.60. The van der Waals surface area contributed by atoms with Gasteiger partial charge >= 0.3 is 0 Å². The monoisotopic (exact) mass is 428 g/mol. The van der Waals surface area contributed by atoms with Crippen LogP contribution in [0, 0.1) is 6.92 Å². The summed E-state index contributed by atoms with van der Waals surface area (Å²) >= 11 is 0. The summed E-state index contributed by atoms with van der Waals surface area (Å²) in [5.41, 5.74) is 9.37. The van der Waals surface area contributed by atoms with Crippen LogP contribution in [-0.4, -0.2) is 54.7 Å². The number of benzene rings is 2. The first kappa shape index (κ1) is 22.6. The fraction of sp³-hybridized carbons (Fsp3) is 0.379. The van der Waals surface area contributed by atoms with Gasteiger partial charge in [0.2, 0.25) is 0 Å². The maximum Gasteiger partial charge on any atom is 0.0434 e. The molecule has 1 saturated heterocycles. The van der Waals surface area contributed by atoms with E-state index in [4.69, 9.17) is 0 Å². The summed E-state index contributed by atoms with van der Waals surface area (Å²) in [6, 6.07) is 19.6. The molecule has 0 saturated carbocycles. The molecule has 2 aromatic carbocycles. The Labute approximate surface area is 193 Å². The highest BCUT2D eigenvalue weighted by atomic mass is 16.2. The number of aliphatic hydroxyl groups is 1. The minimum atomic E-state index is 0.212. The highest BCUT2D eigenvalue weighted by Gasteiger charge is 2.21. The lowest BCUT2D eigenvalue weighted by molar-refractivity contribution is 0.182. The third-order valence-electron chi connectivity index (χ3n) is 6.71. The van der Waals surface area contributed by atoms with Gasteiger partial charge in [0.05, 0.1) is 0 Å². The molecule has 1 fully saturated rings. The zero-order valence-electron chi connectivity index (χ0n) is 19.6. The first-order valence-electron chi connectivity index (χ1n) is 12.0. The summed E-state index contributed by atoms with van der Waals surface area (Å²) < 4.78 is 0. The van der Waals surface area contributed by atoms with Gasteiger partial charge in [-0.15, -0.1) is 0 Å². The van der Waals surface area contributed by atoms with Crippen molar-refractivity contribution in [1.29, 1.82) is 0 Å². The van der Waals surface area contributed by atoms with Gasteiger partial charge in [-0.25, -0.2) is 0 Å². The van der Waals surface area contributed by atoms with Crippen LogP contribution in [0.3, 0.4) is 0 Å².